The second kappa shape index (κ2) is 9.68. The number of anilines is 1. The molecular weight excluding hydrogens is 360 g/mol. The lowest BCUT2D eigenvalue weighted by atomic mass is 10.2. The van der Waals surface area contributed by atoms with Crippen molar-refractivity contribution >= 4 is 17.8 Å². The Labute approximate surface area is 164 Å². The van der Waals surface area contributed by atoms with Gasteiger partial charge in [-0.05, 0) is 30.2 Å². The zero-order valence-electron chi connectivity index (χ0n) is 15.9. The van der Waals surface area contributed by atoms with Crippen LogP contribution >= 0.6 is 0 Å². The van der Waals surface area contributed by atoms with Crippen LogP contribution < -0.4 is 9.64 Å². The Bertz CT molecular complexity index is 775. The lowest BCUT2D eigenvalue weighted by Crippen LogP contribution is -2.50. The molecule has 1 aromatic heterocycles. The number of nitrogens with zero attached hydrogens (tertiary/aromatic N) is 4. The van der Waals surface area contributed by atoms with Gasteiger partial charge in [0, 0.05) is 38.6 Å². The molecule has 1 aliphatic rings. The minimum atomic E-state index is -0.566. The predicted molar refractivity (Wildman–Crippen MR) is 103 cm³/mol. The molecule has 0 atom stereocenters. The van der Waals surface area contributed by atoms with Crippen molar-refractivity contribution < 1.29 is 19.1 Å². The fourth-order valence-electron chi connectivity index (χ4n) is 2.85. The fourth-order valence-corrected chi connectivity index (χ4v) is 2.85. The number of aromatic nitrogens is 2. The molecule has 28 heavy (non-hydrogen) atoms. The Balaban J connectivity index is 1.36. The van der Waals surface area contributed by atoms with Crippen LogP contribution in [0.2, 0.25) is 0 Å². The Kier molecular flexibility index (Phi) is 6.78. The van der Waals surface area contributed by atoms with Gasteiger partial charge in [0.1, 0.15) is 5.75 Å². The molecule has 0 N–H and O–H groups in total. The van der Waals surface area contributed by atoms with Crippen molar-refractivity contribution in [3.8, 4) is 5.75 Å². The molecule has 0 spiro atoms. The summed E-state index contributed by atoms with van der Waals surface area (Å²) in [7, 11) is 0. The van der Waals surface area contributed by atoms with Gasteiger partial charge >= 0.3 is 5.97 Å². The zero-order valence-corrected chi connectivity index (χ0v) is 15.9. The first-order valence-electron chi connectivity index (χ1n) is 9.33. The summed E-state index contributed by atoms with van der Waals surface area (Å²) in [6.45, 7) is 3.92. The van der Waals surface area contributed by atoms with E-state index >= 15 is 0 Å². The highest BCUT2D eigenvalue weighted by Gasteiger charge is 2.23. The van der Waals surface area contributed by atoms with E-state index in [1.54, 1.807) is 23.4 Å². The molecule has 0 radical (unpaired) electrons. The molecule has 2 heterocycles. The Morgan fingerprint density at radius 1 is 1.00 bits per heavy atom. The number of carbonyl (C=O) groups excluding carboxylic acids is 2. The third-order valence-electron chi connectivity index (χ3n) is 4.51. The van der Waals surface area contributed by atoms with Gasteiger partial charge in [-0.2, -0.15) is 0 Å². The summed E-state index contributed by atoms with van der Waals surface area (Å²) >= 11 is 0. The molecule has 0 aliphatic carbocycles. The number of carbonyl (C=O) groups is 2. The molecule has 0 saturated carbocycles. The van der Waals surface area contributed by atoms with E-state index < -0.39 is 5.97 Å². The van der Waals surface area contributed by atoms with E-state index in [2.05, 4.69) is 16.9 Å². The van der Waals surface area contributed by atoms with Gasteiger partial charge < -0.3 is 19.3 Å². The standard InChI is InChI=1S/C20H24N4O4/c1-2-16-4-6-17(7-5-16)27-15-19(26)28-14-18(25)23-10-12-24(13-11-23)20-21-8-3-9-22-20/h3-9H,2,10-15H2,1H3. The number of hydrogen-bond donors (Lipinski definition) is 0. The maximum atomic E-state index is 12.2. The van der Waals surface area contributed by atoms with E-state index in [1.807, 2.05) is 29.2 Å². The molecule has 1 fully saturated rings. The fraction of sp³-hybridized carbons (Fsp3) is 0.400. The van der Waals surface area contributed by atoms with Crippen LogP contribution in [0.25, 0.3) is 0 Å². The second-order valence-electron chi connectivity index (χ2n) is 6.36. The molecule has 1 amide bonds. The molecule has 1 aliphatic heterocycles. The number of ether oxygens (including phenoxy) is 2. The minimum absolute atomic E-state index is 0.214. The van der Waals surface area contributed by atoms with Crippen molar-refractivity contribution in [3.05, 3.63) is 48.3 Å². The van der Waals surface area contributed by atoms with Gasteiger partial charge in [-0.3, -0.25) is 4.79 Å². The third kappa shape index (κ3) is 5.42. The first-order chi connectivity index (χ1) is 13.7. The van der Waals surface area contributed by atoms with Crippen LogP contribution in [0.1, 0.15) is 12.5 Å². The molecule has 2 aromatic rings. The summed E-state index contributed by atoms with van der Waals surface area (Å²) in [5, 5.41) is 0. The highest BCUT2D eigenvalue weighted by Crippen LogP contribution is 2.13. The van der Waals surface area contributed by atoms with Crippen LogP contribution in [0.15, 0.2) is 42.7 Å². The maximum absolute atomic E-state index is 12.2. The number of piperazine rings is 1. The van der Waals surface area contributed by atoms with Crippen molar-refractivity contribution in [1.82, 2.24) is 14.9 Å². The summed E-state index contributed by atoms with van der Waals surface area (Å²) in [5.41, 5.74) is 1.19. The normalized spacial score (nSPS) is 13.9. The van der Waals surface area contributed by atoms with Gasteiger partial charge in [-0.15, -0.1) is 0 Å². The quantitative estimate of drug-likeness (QED) is 0.666. The van der Waals surface area contributed by atoms with Crippen molar-refractivity contribution in [1.29, 1.82) is 0 Å². The molecule has 1 aromatic carbocycles. The average Bonchev–Trinajstić information content (AvgIpc) is 2.77. The lowest BCUT2D eigenvalue weighted by molar-refractivity contribution is -0.153. The van der Waals surface area contributed by atoms with Crippen molar-refractivity contribution in [2.75, 3.05) is 44.3 Å². The van der Waals surface area contributed by atoms with E-state index in [-0.39, 0.29) is 19.1 Å². The SMILES string of the molecule is CCc1ccc(OCC(=O)OCC(=O)N2CCN(c3ncccn3)CC2)cc1. The van der Waals surface area contributed by atoms with Crippen LogP contribution in [0.3, 0.4) is 0 Å². The molecule has 3 rings (SSSR count). The zero-order chi connectivity index (χ0) is 19.8. The van der Waals surface area contributed by atoms with Gasteiger partial charge in [0.2, 0.25) is 5.95 Å². The first-order valence-corrected chi connectivity index (χ1v) is 9.33. The Hall–Kier alpha value is -3.16. The number of hydrogen-bond acceptors (Lipinski definition) is 7. The van der Waals surface area contributed by atoms with Gasteiger partial charge in [0.15, 0.2) is 13.2 Å². The molecule has 1 saturated heterocycles. The van der Waals surface area contributed by atoms with Crippen LogP contribution in [0.4, 0.5) is 5.95 Å². The van der Waals surface area contributed by atoms with Crippen LogP contribution in [0, 0.1) is 0 Å². The summed E-state index contributed by atoms with van der Waals surface area (Å²) in [5.74, 6) is 0.475. The van der Waals surface area contributed by atoms with Crippen molar-refractivity contribution in [2.24, 2.45) is 0 Å². The van der Waals surface area contributed by atoms with E-state index in [9.17, 15) is 9.59 Å². The monoisotopic (exact) mass is 384 g/mol. The molecule has 0 unspecified atom stereocenters. The van der Waals surface area contributed by atoms with E-state index in [1.165, 1.54) is 5.56 Å². The van der Waals surface area contributed by atoms with Gasteiger partial charge in [-0.25, -0.2) is 14.8 Å². The van der Waals surface area contributed by atoms with Crippen LogP contribution in [0.5, 0.6) is 5.75 Å². The summed E-state index contributed by atoms with van der Waals surface area (Å²) in [6.07, 6.45) is 4.33. The van der Waals surface area contributed by atoms with E-state index in [4.69, 9.17) is 9.47 Å². The number of rotatable bonds is 7. The maximum Gasteiger partial charge on any atom is 0.344 e. The predicted octanol–water partition coefficient (Wildman–Crippen LogP) is 1.31. The first kappa shape index (κ1) is 19.6. The molecule has 8 heteroatoms. The van der Waals surface area contributed by atoms with Crippen molar-refractivity contribution in [2.45, 2.75) is 13.3 Å². The Morgan fingerprint density at radius 3 is 2.32 bits per heavy atom. The summed E-state index contributed by atoms with van der Waals surface area (Å²) in [4.78, 5) is 36.2. The average molecular weight is 384 g/mol. The third-order valence-corrected chi connectivity index (χ3v) is 4.51. The Morgan fingerprint density at radius 2 is 1.68 bits per heavy atom. The second-order valence-corrected chi connectivity index (χ2v) is 6.36. The largest absolute Gasteiger partial charge is 0.482 e. The molecule has 8 nitrogen and oxygen atoms in total. The van der Waals surface area contributed by atoms with E-state index in [0.29, 0.717) is 37.9 Å². The number of esters is 1. The van der Waals surface area contributed by atoms with Crippen LogP contribution in [-0.4, -0.2) is 66.1 Å². The highest BCUT2D eigenvalue weighted by atomic mass is 16.6. The lowest BCUT2D eigenvalue weighted by Gasteiger charge is -2.34. The summed E-state index contributed by atoms with van der Waals surface area (Å²) in [6, 6.07) is 9.29. The smallest absolute Gasteiger partial charge is 0.344 e. The topological polar surface area (TPSA) is 84.9 Å². The highest BCUT2D eigenvalue weighted by molar-refractivity contribution is 5.81. The molecular formula is C20H24N4O4. The number of benzene rings is 1. The van der Waals surface area contributed by atoms with Gasteiger partial charge in [-0.1, -0.05) is 19.1 Å². The van der Waals surface area contributed by atoms with Crippen molar-refractivity contribution in [3.63, 3.8) is 0 Å². The molecule has 0 bridgehead atoms. The van der Waals surface area contributed by atoms with E-state index in [0.717, 1.165) is 6.42 Å². The summed E-state index contributed by atoms with van der Waals surface area (Å²) < 4.78 is 10.4. The minimum Gasteiger partial charge on any atom is -0.482 e. The van der Waals surface area contributed by atoms with Gasteiger partial charge in [0.25, 0.3) is 5.91 Å². The van der Waals surface area contributed by atoms with Crippen LogP contribution in [-0.2, 0) is 20.7 Å². The molecule has 148 valence electrons. The number of aryl methyl sites for hydroxylation is 1. The number of amides is 1. The van der Waals surface area contributed by atoms with Gasteiger partial charge in [0.05, 0.1) is 0 Å².